The average molecular weight is 519 g/mol. The van der Waals surface area contributed by atoms with Crippen LogP contribution >= 0.6 is 24.0 Å². The van der Waals surface area contributed by atoms with Crippen molar-refractivity contribution in [3.63, 3.8) is 0 Å². The second-order valence-electron chi connectivity index (χ2n) is 7.27. The fraction of sp³-hybridized carbons (Fsp3) is 0.304. The molecule has 0 aliphatic rings. The molecular formula is C23H30IN5O. The van der Waals surface area contributed by atoms with Gasteiger partial charge >= 0.3 is 0 Å². The van der Waals surface area contributed by atoms with Gasteiger partial charge in [0.1, 0.15) is 6.54 Å². The monoisotopic (exact) mass is 519 g/mol. The van der Waals surface area contributed by atoms with Gasteiger partial charge in [0.2, 0.25) is 5.91 Å². The molecule has 2 aromatic carbocycles. The largest absolute Gasteiger partial charge is 0.361 e. The van der Waals surface area contributed by atoms with Gasteiger partial charge in [0.15, 0.2) is 5.96 Å². The number of hydrogen-bond donors (Lipinski definition) is 3. The Morgan fingerprint density at radius 1 is 1.10 bits per heavy atom. The third kappa shape index (κ3) is 6.48. The number of benzene rings is 2. The Balaban J connectivity index is 0.00000320. The van der Waals surface area contributed by atoms with Crippen LogP contribution in [0.5, 0.6) is 0 Å². The molecule has 3 N–H and O–H groups in total. The van der Waals surface area contributed by atoms with Crippen LogP contribution in [0.25, 0.3) is 10.9 Å². The van der Waals surface area contributed by atoms with Crippen molar-refractivity contribution in [1.82, 2.24) is 20.5 Å². The summed E-state index contributed by atoms with van der Waals surface area (Å²) in [6.07, 6.45) is 2.91. The molecule has 0 spiro atoms. The van der Waals surface area contributed by atoms with E-state index in [2.05, 4.69) is 64.1 Å². The summed E-state index contributed by atoms with van der Waals surface area (Å²) < 4.78 is 0. The minimum atomic E-state index is -0.0323. The van der Waals surface area contributed by atoms with Gasteiger partial charge in [-0.15, -0.1) is 24.0 Å². The van der Waals surface area contributed by atoms with Crippen molar-refractivity contribution in [2.45, 2.75) is 19.4 Å². The molecule has 3 rings (SSSR count). The van der Waals surface area contributed by atoms with E-state index in [-0.39, 0.29) is 42.5 Å². The maximum absolute atomic E-state index is 12.0. The van der Waals surface area contributed by atoms with Crippen LogP contribution in [0, 0.1) is 0 Å². The predicted octanol–water partition coefficient (Wildman–Crippen LogP) is 3.71. The van der Waals surface area contributed by atoms with Crippen LogP contribution in [0.1, 0.15) is 24.1 Å². The lowest BCUT2D eigenvalue weighted by Gasteiger charge is -2.19. The highest BCUT2D eigenvalue weighted by Crippen LogP contribution is 2.17. The third-order valence-electron chi connectivity index (χ3n) is 4.89. The third-order valence-corrected chi connectivity index (χ3v) is 4.89. The van der Waals surface area contributed by atoms with E-state index in [0.717, 1.165) is 17.5 Å². The van der Waals surface area contributed by atoms with Crippen molar-refractivity contribution in [2.24, 2.45) is 4.99 Å². The number of fused-ring (bicyclic) bond motifs is 1. The number of hydrogen-bond acceptors (Lipinski definition) is 2. The number of rotatable bonds is 7. The lowest BCUT2D eigenvalue weighted by Crippen LogP contribution is -2.40. The standard InChI is InChI=1S/C23H29N5O.HI/c1-17(18-9-5-4-6-10-18)27-23(26-16-22(29)28(2)3)24-14-13-19-15-25-21-12-8-7-11-20(19)21;/h4-12,15,17,25H,13-14,16H2,1-3H3,(H2,24,26,27);1H. The van der Waals surface area contributed by atoms with Gasteiger partial charge < -0.3 is 20.5 Å². The van der Waals surface area contributed by atoms with Crippen LogP contribution in [0.4, 0.5) is 0 Å². The quantitative estimate of drug-likeness (QED) is 0.253. The molecule has 1 heterocycles. The summed E-state index contributed by atoms with van der Waals surface area (Å²) in [5, 5.41) is 8.01. The molecule has 0 saturated carbocycles. The van der Waals surface area contributed by atoms with Crippen molar-refractivity contribution in [3.8, 4) is 0 Å². The lowest BCUT2D eigenvalue weighted by molar-refractivity contribution is -0.127. The topological polar surface area (TPSA) is 72.5 Å². The summed E-state index contributed by atoms with van der Waals surface area (Å²) in [5.41, 5.74) is 3.56. The van der Waals surface area contributed by atoms with Crippen molar-refractivity contribution in [3.05, 3.63) is 71.9 Å². The van der Waals surface area contributed by atoms with Gasteiger partial charge in [-0.3, -0.25) is 4.79 Å². The highest BCUT2D eigenvalue weighted by molar-refractivity contribution is 14.0. The molecule has 0 aliphatic heterocycles. The van der Waals surface area contributed by atoms with E-state index < -0.39 is 0 Å². The Morgan fingerprint density at radius 2 is 1.80 bits per heavy atom. The number of aliphatic imine (C=N–C) groups is 1. The van der Waals surface area contributed by atoms with Gasteiger partial charge in [-0.05, 0) is 30.5 Å². The van der Waals surface area contributed by atoms with Crippen molar-refractivity contribution in [2.75, 3.05) is 27.2 Å². The Bertz CT molecular complexity index is 968. The smallest absolute Gasteiger partial charge is 0.243 e. The molecule has 7 heteroatoms. The van der Waals surface area contributed by atoms with Gasteiger partial charge in [0.25, 0.3) is 0 Å². The van der Waals surface area contributed by atoms with E-state index >= 15 is 0 Å². The van der Waals surface area contributed by atoms with Crippen LogP contribution in [0.2, 0.25) is 0 Å². The minimum absolute atomic E-state index is 0. The molecule has 0 bridgehead atoms. The van der Waals surface area contributed by atoms with E-state index in [4.69, 9.17) is 0 Å². The molecular weight excluding hydrogens is 489 g/mol. The first kappa shape index (κ1) is 23.7. The number of guanidine groups is 1. The average Bonchev–Trinajstić information content (AvgIpc) is 3.15. The maximum atomic E-state index is 12.0. The lowest BCUT2D eigenvalue weighted by atomic mass is 10.1. The summed E-state index contributed by atoms with van der Waals surface area (Å²) in [6, 6.07) is 18.5. The first-order valence-electron chi connectivity index (χ1n) is 9.89. The van der Waals surface area contributed by atoms with Gasteiger partial charge in [-0.25, -0.2) is 4.99 Å². The zero-order valence-corrected chi connectivity index (χ0v) is 20.0. The number of halogens is 1. The van der Waals surface area contributed by atoms with E-state index in [1.807, 2.05) is 24.3 Å². The molecule has 0 fully saturated rings. The highest BCUT2D eigenvalue weighted by atomic mass is 127. The number of carbonyl (C=O) groups is 1. The van der Waals surface area contributed by atoms with Crippen LogP contribution in [0.15, 0.2) is 65.8 Å². The van der Waals surface area contributed by atoms with Gasteiger partial charge in [-0.2, -0.15) is 0 Å². The maximum Gasteiger partial charge on any atom is 0.243 e. The number of aromatic nitrogens is 1. The highest BCUT2D eigenvalue weighted by Gasteiger charge is 2.10. The van der Waals surface area contributed by atoms with E-state index in [0.29, 0.717) is 12.5 Å². The van der Waals surface area contributed by atoms with Crippen molar-refractivity contribution in [1.29, 1.82) is 0 Å². The van der Waals surface area contributed by atoms with Gasteiger partial charge in [-0.1, -0.05) is 48.5 Å². The first-order chi connectivity index (χ1) is 14.0. The van der Waals surface area contributed by atoms with Crippen LogP contribution < -0.4 is 10.6 Å². The van der Waals surface area contributed by atoms with Crippen molar-refractivity contribution >= 4 is 46.7 Å². The number of aromatic amines is 1. The SMILES string of the molecule is CC(NC(=NCC(=O)N(C)C)NCCc1c[nH]c2ccccc12)c1ccccc1.I. The Morgan fingerprint density at radius 3 is 2.53 bits per heavy atom. The molecule has 30 heavy (non-hydrogen) atoms. The summed E-state index contributed by atoms with van der Waals surface area (Å²) in [5.74, 6) is 0.603. The van der Waals surface area contributed by atoms with Gasteiger partial charge in [0, 0.05) is 37.7 Å². The van der Waals surface area contributed by atoms with Crippen molar-refractivity contribution < 1.29 is 4.79 Å². The number of amides is 1. The second-order valence-corrected chi connectivity index (χ2v) is 7.27. The predicted molar refractivity (Wildman–Crippen MR) is 134 cm³/mol. The number of nitrogens with one attached hydrogen (secondary N) is 3. The van der Waals surface area contributed by atoms with Gasteiger partial charge in [0.05, 0.1) is 6.04 Å². The van der Waals surface area contributed by atoms with E-state index in [9.17, 15) is 4.79 Å². The van der Waals surface area contributed by atoms with Crippen LogP contribution in [-0.4, -0.2) is 48.9 Å². The second kappa shape index (κ2) is 11.6. The molecule has 1 amide bonds. The number of nitrogens with zero attached hydrogens (tertiary/aromatic N) is 2. The van der Waals surface area contributed by atoms with Crippen LogP contribution in [-0.2, 0) is 11.2 Å². The molecule has 1 atom stereocenters. The number of likely N-dealkylation sites (N-methyl/N-ethyl adjacent to an activating group) is 1. The zero-order chi connectivity index (χ0) is 20.6. The number of carbonyl (C=O) groups excluding carboxylic acids is 1. The number of para-hydroxylation sites is 1. The fourth-order valence-corrected chi connectivity index (χ4v) is 3.12. The molecule has 0 saturated heterocycles. The Hall–Kier alpha value is -2.55. The summed E-state index contributed by atoms with van der Waals surface area (Å²) >= 11 is 0. The zero-order valence-electron chi connectivity index (χ0n) is 17.7. The molecule has 0 radical (unpaired) electrons. The Labute approximate surface area is 195 Å². The van der Waals surface area contributed by atoms with E-state index in [1.165, 1.54) is 10.9 Å². The summed E-state index contributed by atoms with van der Waals surface area (Å²) in [6.45, 7) is 2.90. The van der Waals surface area contributed by atoms with E-state index in [1.54, 1.807) is 19.0 Å². The minimum Gasteiger partial charge on any atom is -0.361 e. The first-order valence-corrected chi connectivity index (χ1v) is 9.89. The molecule has 3 aromatic rings. The summed E-state index contributed by atoms with van der Waals surface area (Å²) in [7, 11) is 3.48. The number of H-pyrrole nitrogens is 1. The normalized spacial score (nSPS) is 12.2. The fourth-order valence-electron chi connectivity index (χ4n) is 3.12. The van der Waals surface area contributed by atoms with Crippen LogP contribution in [0.3, 0.4) is 0 Å². The molecule has 6 nitrogen and oxygen atoms in total. The molecule has 0 aliphatic carbocycles. The molecule has 1 aromatic heterocycles. The Kier molecular flexibility index (Phi) is 9.16. The summed E-state index contributed by atoms with van der Waals surface area (Å²) in [4.78, 5) is 21.3. The molecule has 1 unspecified atom stereocenters. The molecule has 160 valence electrons.